The summed E-state index contributed by atoms with van der Waals surface area (Å²) in [5.41, 5.74) is 3.92. The second-order valence-corrected chi connectivity index (χ2v) is 4.73. The van der Waals surface area contributed by atoms with Crippen LogP contribution in [0.1, 0.15) is 11.1 Å². The van der Waals surface area contributed by atoms with Gasteiger partial charge in [-0.1, -0.05) is 60.7 Å². The van der Waals surface area contributed by atoms with Gasteiger partial charge in [0.1, 0.15) is 0 Å². The highest BCUT2D eigenvalue weighted by molar-refractivity contribution is 5.96. The monoisotopic (exact) mass is 247 g/mol. The van der Waals surface area contributed by atoms with Crippen LogP contribution >= 0.6 is 0 Å². The Hall–Kier alpha value is -2.28. The van der Waals surface area contributed by atoms with Gasteiger partial charge in [0.05, 0.1) is 0 Å². The van der Waals surface area contributed by atoms with Crippen LogP contribution < -0.4 is 5.32 Å². The van der Waals surface area contributed by atoms with E-state index in [4.69, 9.17) is 0 Å². The van der Waals surface area contributed by atoms with Crippen LogP contribution in [0.3, 0.4) is 0 Å². The number of fused-ring (bicyclic) bond motifs is 1. The fourth-order valence-corrected chi connectivity index (χ4v) is 2.59. The van der Waals surface area contributed by atoms with Gasteiger partial charge in [0, 0.05) is 18.1 Å². The average molecular weight is 247 g/mol. The molecule has 3 aromatic rings. The Balaban J connectivity index is 2.13. The molecule has 1 heteroatoms. The van der Waals surface area contributed by atoms with Gasteiger partial charge in [0.2, 0.25) is 0 Å². The van der Waals surface area contributed by atoms with Gasteiger partial charge in [-0.2, -0.15) is 0 Å². The predicted octanol–water partition coefficient (Wildman–Crippen LogP) is 4.47. The molecule has 94 valence electrons. The van der Waals surface area contributed by atoms with Crippen LogP contribution in [-0.4, -0.2) is 7.05 Å². The van der Waals surface area contributed by atoms with Gasteiger partial charge in [0.15, 0.2) is 0 Å². The Bertz CT molecular complexity index is 681. The zero-order chi connectivity index (χ0) is 13.1. The lowest BCUT2D eigenvalue weighted by Crippen LogP contribution is -1.94. The van der Waals surface area contributed by atoms with E-state index in [-0.39, 0.29) is 0 Å². The topological polar surface area (TPSA) is 12.0 Å². The van der Waals surface area contributed by atoms with Gasteiger partial charge in [-0.05, 0) is 29.0 Å². The molecule has 0 fully saturated rings. The van der Waals surface area contributed by atoms with Crippen LogP contribution in [0.2, 0.25) is 0 Å². The predicted molar refractivity (Wildman–Crippen MR) is 82.7 cm³/mol. The highest BCUT2D eigenvalue weighted by Crippen LogP contribution is 2.28. The average Bonchev–Trinajstić information content (AvgIpc) is 2.48. The number of nitrogens with one attached hydrogen (secondary N) is 1. The van der Waals surface area contributed by atoms with E-state index in [1.165, 1.54) is 27.6 Å². The number of rotatable bonds is 3. The lowest BCUT2D eigenvalue weighted by Gasteiger charge is -2.11. The van der Waals surface area contributed by atoms with Crippen molar-refractivity contribution in [1.82, 2.24) is 0 Å². The van der Waals surface area contributed by atoms with Crippen molar-refractivity contribution in [1.29, 1.82) is 0 Å². The largest absolute Gasteiger partial charge is 0.388 e. The molecule has 0 heterocycles. The Morgan fingerprint density at radius 2 is 1.53 bits per heavy atom. The molecule has 0 aliphatic rings. The van der Waals surface area contributed by atoms with Crippen molar-refractivity contribution in [3.63, 3.8) is 0 Å². The molecule has 19 heavy (non-hydrogen) atoms. The molecule has 0 unspecified atom stereocenters. The summed E-state index contributed by atoms with van der Waals surface area (Å²) < 4.78 is 0. The maximum atomic E-state index is 3.30. The summed E-state index contributed by atoms with van der Waals surface area (Å²) in [6.45, 7) is 0. The standard InChI is InChI=1S/C18H17N/c1-19-17-12-6-10-15-9-5-11-16(18(15)17)13-14-7-3-2-4-8-14/h2-12,19H,13H2,1H3. The van der Waals surface area contributed by atoms with Gasteiger partial charge in [0.25, 0.3) is 0 Å². The molecule has 0 saturated heterocycles. The minimum atomic E-state index is 0.969. The first-order valence-electron chi connectivity index (χ1n) is 6.61. The molecular formula is C18H17N. The summed E-state index contributed by atoms with van der Waals surface area (Å²) in [6, 6.07) is 23.6. The van der Waals surface area contributed by atoms with Crippen molar-refractivity contribution < 1.29 is 0 Å². The normalized spacial score (nSPS) is 10.6. The Kier molecular flexibility index (Phi) is 3.20. The first-order chi connectivity index (χ1) is 9.38. The summed E-state index contributed by atoms with van der Waals surface area (Å²) in [6.07, 6.45) is 0.969. The van der Waals surface area contributed by atoms with Crippen LogP contribution in [-0.2, 0) is 6.42 Å². The van der Waals surface area contributed by atoms with E-state index in [0.29, 0.717) is 0 Å². The van der Waals surface area contributed by atoms with E-state index in [1.54, 1.807) is 0 Å². The van der Waals surface area contributed by atoms with Crippen LogP contribution in [0, 0.1) is 0 Å². The minimum Gasteiger partial charge on any atom is -0.388 e. The zero-order valence-electron chi connectivity index (χ0n) is 11.1. The molecule has 0 aliphatic heterocycles. The molecular weight excluding hydrogens is 230 g/mol. The van der Waals surface area contributed by atoms with Gasteiger partial charge in [-0.25, -0.2) is 0 Å². The highest BCUT2D eigenvalue weighted by Gasteiger charge is 2.05. The number of benzene rings is 3. The fraction of sp³-hybridized carbons (Fsp3) is 0.111. The molecule has 0 atom stereocenters. The van der Waals surface area contributed by atoms with Crippen LogP contribution in [0.25, 0.3) is 10.8 Å². The van der Waals surface area contributed by atoms with Crippen LogP contribution in [0.15, 0.2) is 66.7 Å². The molecule has 1 N–H and O–H groups in total. The van der Waals surface area contributed by atoms with Gasteiger partial charge in [-0.3, -0.25) is 0 Å². The molecule has 1 nitrogen and oxygen atoms in total. The quantitative estimate of drug-likeness (QED) is 0.720. The molecule has 0 spiro atoms. The maximum absolute atomic E-state index is 3.30. The first-order valence-corrected chi connectivity index (χ1v) is 6.61. The zero-order valence-corrected chi connectivity index (χ0v) is 11.1. The lowest BCUT2D eigenvalue weighted by atomic mass is 9.97. The number of anilines is 1. The van der Waals surface area contributed by atoms with Crippen molar-refractivity contribution in [2.45, 2.75) is 6.42 Å². The van der Waals surface area contributed by atoms with Gasteiger partial charge in [-0.15, -0.1) is 0 Å². The summed E-state index contributed by atoms with van der Waals surface area (Å²) >= 11 is 0. The van der Waals surface area contributed by atoms with Crippen molar-refractivity contribution in [2.24, 2.45) is 0 Å². The van der Waals surface area contributed by atoms with Crippen molar-refractivity contribution in [2.75, 3.05) is 12.4 Å². The summed E-state index contributed by atoms with van der Waals surface area (Å²) in [7, 11) is 1.98. The third-order valence-corrected chi connectivity index (χ3v) is 3.50. The van der Waals surface area contributed by atoms with Crippen molar-refractivity contribution >= 4 is 16.5 Å². The van der Waals surface area contributed by atoms with Crippen LogP contribution in [0.5, 0.6) is 0 Å². The lowest BCUT2D eigenvalue weighted by molar-refractivity contribution is 1.21. The number of hydrogen-bond acceptors (Lipinski definition) is 1. The van der Waals surface area contributed by atoms with Crippen molar-refractivity contribution in [3.8, 4) is 0 Å². The summed E-state index contributed by atoms with van der Waals surface area (Å²) in [4.78, 5) is 0. The Morgan fingerprint density at radius 3 is 2.26 bits per heavy atom. The molecule has 0 saturated carbocycles. The second kappa shape index (κ2) is 5.15. The molecule has 3 rings (SSSR count). The first kappa shape index (κ1) is 11.8. The van der Waals surface area contributed by atoms with E-state index >= 15 is 0 Å². The van der Waals surface area contributed by atoms with E-state index < -0.39 is 0 Å². The molecule has 0 bridgehead atoms. The summed E-state index contributed by atoms with van der Waals surface area (Å²) in [5, 5.41) is 5.92. The highest BCUT2D eigenvalue weighted by atomic mass is 14.8. The fourth-order valence-electron chi connectivity index (χ4n) is 2.59. The van der Waals surface area contributed by atoms with E-state index in [1.807, 2.05) is 7.05 Å². The Labute approximate surface area is 113 Å². The third-order valence-electron chi connectivity index (χ3n) is 3.50. The molecule has 0 aliphatic carbocycles. The molecule has 0 amide bonds. The Morgan fingerprint density at radius 1 is 0.789 bits per heavy atom. The molecule has 0 aromatic heterocycles. The maximum Gasteiger partial charge on any atom is 0.0420 e. The second-order valence-electron chi connectivity index (χ2n) is 4.73. The smallest absolute Gasteiger partial charge is 0.0420 e. The SMILES string of the molecule is CNc1cccc2cccc(Cc3ccccc3)c12. The van der Waals surface area contributed by atoms with Gasteiger partial charge >= 0.3 is 0 Å². The van der Waals surface area contributed by atoms with E-state index in [2.05, 4.69) is 72.0 Å². The van der Waals surface area contributed by atoms with E-state index in [9.17, 15) is 0 Å². The summed E-state index contributed by atoms with van der Waals surface area (Å²) in [5.74, 6) is 0. The van der Waals surface area contributed by atoms with Crippen LogP contribution in [0.4, 0.5) is 5.69 Å². The molecule has 3 aromatic carbocycles. The molecule has 0 radical (unpaired) electrons. The van der Waals surface area contributed by atoms with Crippen molar-refractivity contribution in [3.05, 3.63) is 77.9 Å². The third kappa shape index (κ3) is 2.32. The van der Waals surface area contributed by atoms with Gasteiger partial charge < -0.3 is 5.32 Å². The minimum absolute atomic E-state index is 0.969. The van der Waals surface area contributed by atoms with E-state index in [0.717, 1.165) is 6.42 Å². The number of hydrogen-bond donors (Lipinski definition) is 1.